The molecule has 2 aromatic rings. The molecule has 1 saturated heterocycles. The van der Waals surface area contributed by atoms with Crippen molar-refractivity contribution in [2.75, 3.05) is 32.7 Å². The van der Waals surface area contributed by atoms with Crippen LogP contribution in [-0.4, -0.2) is 53.6 Å². The van der Waals surface area contributed by atoms with E-state index in [4.69, 9.17) is 5.11 Å². The van der Waals surface area contributed by atoms with Crippen LogP contribution in [0.1, 0.15) is 17.2 Å². The number of hydrogen-bond donors (Lipinski definition) is 1. The normalized spacial score (nSPS) is 16.2. The highest BCUT2D eigenvalue weighted by atomic mass is 79.9. The van der Waals surface area contributed by atoms with E-state index in [1.165, 1.54) is 11.1 Å². The number of halogens is 3. The molecule has 4 nitrogen and oxygen atoms in total. The van der Waals surface area contributed by atoms with Gasteiger partial charge in [-0.05, 0) is 17.2 Å². The molecule has 0 saturated carbocycles. The SMILES string of the molecule is Cl.Cl.O=C(O)CN1CCN(C(c2ccccc2)c2ccccc2Br)CC1. The average molecular weight is 462 g/mol. The van der Waals surface area contributed by atoms with E-state index in [1.54, 1.807) is 0 Å². The van der Waals surface area contributed by atoms with Gasteiger partial charge in [-0.25, -0.2) is 0 Å². The van der Waals surface area contributed by atoms with E-state index >= 15 is 0 Å². The van der Waals surface area contributed by atoms with Crippen molar-refractivity contribution < 1.29 is 9.90 Å². The van der Waals surface area contributed by atoms with Gasteiger partial charge in [-0.1, -0.05) is 64.5 Å². The number of aliphatic carboxylic acids is 1. The van der Waals surface area contributed by atoms with Gasteiger partial charge in [0.1, 0.15) is 0 Å². The Morgan fingerprint density at radius 2 is 1.54 bits per heavy atom. The van der Waals surface area contributed by atoms with Crippen molar-refractivity contribution in [1.82, 2.24) is 9.80 Å². The van der Waals surface area contributed by atoms with Crippen LogP contribution >= 0.6 is 40.7 Å². The van der Waals surface area contributed by atoms with Crippen molar-refractivity contribution >= 4 is 46.7 Å². The number of carbonyl (C=O) groups is 1. The van der Waals surface area contributed by atoms with Crippen LogP contribution in [0.5, 0.6) is 0 Å². The van der Waals surface area contributed by atoms with Gasteiger partial charge in [-0.15, -0.1) is 24.8 Å². The van der Waals surface area contributed by atoms with E-state index in [1.807, 2.05) is 17.0 Å². The van der Waals surface area contributed by atoms with E-state index in [-0.39, 0.29) is 37.4 Å². The van der Waals surface area contributed by atoms with Gasteiger partial charge < -0.3 is 5.11 Å². The first-order valence-electron chi connectivity index (χ1n) is 8.12. The molecule has 26 heavy (non-hydrogen) atoms. The summed E-state index contributed by atoms with van der Waals surface area (Å²) in [6.07, 6.45) is 0. The van der Waals surface area contributed by atoms with E-state index in [0.717, 1.165) is 30.7 Å². The summed E-state index contributed by atoms with van der Waals surface area (Å²) in [6, 6.07) is 19.0. The third-order valence-electron chi connectivity index (χ3n) is 4.45. The van der Waals surface area contributed by atoms with Crippen molar-refractivity contribution in [3.63, 3.8) is 0 Å². The fourth-order valence-electron chi connectivity index (χ4n) is 3.29. The minimum Gasteiger partial charge on any atom is -0.480 e. The summed E-state index contributed by atoms with van der Waals surface area (Å²) < 4.78 is 1.10. The number of benzene rings is 2. The molecular weight excluding hydrogens is 439 g/mol. The Labute approximate surface area is 175 Å². The van der Waals surface area contributed by atoms with Gasteiger partial charge in [-0.2, -0.15) is 0 Å². The van der Waals surface area contributed by atoms with Crippen molar-refractivity contribution in [2.45, 2.75) is 6.04 Å². The van der Waals surface area contributed by atoms with Crippen molar-refractivity contribution in [3.8, 4) is 0 Å². The van der Waals surface area contributed by atoms with Crippen LogP contribution in [0.2, 0.25) is 0 Å². The second kappa shape index (κ2) is 10.9. The molecule has 142 valence electrons. The topological polar surface area (TPSA) is 43.8 Å². The Morgan fingerprint density at radius 3 is 2.12 bits per heavy atom. The summed E-state index contributed by atoms with van der Waals surface area (Å²) in [6.45, 7) is 3.39. The standard InChI is InChI=1S/C19H21BrN2O2.2ClH/c20-17-9-5-4-8-16(17)19(15-6-2-1-3-7-15)22-12-10-21(11-13-22)14-18(23)24;;/h1-9,19H,10-14H2,(H,23,24);2*1H. The van der Waals surface area contributed by atoms with Crippen LogP contribution in [0.4, 0.5) is 0 Å². The highest BCUT2D eigenvalue weighted by Gasteiger charge is 2.27. The Kier molecular flexibility index (Phi) is 9.61. The molecule has 0 bridgehead atoms. The van der Waals surface area contributed by atoms with Crippen molar-refractivity contribution in [2.24, 2.45) is 0 Å². The van der Waals surface area contributed by atoms with Crippen LogP contribution in [0, 0.1) is 0 Å². The van der Waals surface area contributed by atoms with Crippen LogP contribution in [0.3, 0.4) is 0 Å². The molecule has 0 spiro atoms. The fraction of sp³-hybridized carbons (Fsp3) is 0.316. The lowest BCUT2D eigenvalue weighted by Gasteiger charge is -2.39. The number of rotatable bonds is 5. The Bertz CT molecular complexity index is 695. The van der Waals surface area contributed by atoms with Crippen LogP contribution < -0.4 is 0 Å². The first-order chi connectivity index (χ1) is 11.6. The second-order valence-electron chi connectivity index (χ2n) is 6.04. The molecule has 3 rings (SSSR count). The molecule has 2 aromatic carbocycles. The van der Waals surface area contributed by atoms with Crippen LogP contribution in [0.25, 0.3) is 0 Å². The fourth-order valence-corrected chi connectivity index (χ4v) is 3.79. The van der Waals surface area contributed by atoms with Crippen LogP contribution in [0.15, 0.2) is 59.1 Å². The summed E-state index contributed by atoms with van der Waals surface area (Å²) in [5.41, 5.74) is 2.51. The van der Waals surface area contributed by atoms with Gasteiger partial charge in [0, 0.05) is 30.7 Å². The molecule has 1 fully saturated rings. The number of nitrogens with zero attached hydrogens (tertiary/aromatic N) is 2. The molecule has 1 aliphatic rings. The molecule has 0 radical (unpaired) electrons. The first-order valence-corrected chi connectivity index (χ1v) is 8.92. The van der Waals surface area contributed by atoms with Crippen molar-refractivity contribution in [3.05, 3.63) is 70.2 Å². The van der Waals surface area contributed by atoms with Crippen molar-refractivity contribution in [1.29, 1.82) is 0 Å². The number of piperazine rings is 1. The molecule has 1 N–H and O–H groups in total. The van der Waals surface area contributed by atoms with E-state index in [2.05, 4.69) is 63.3 Å². The monoisotopic (exact) mass is 460 g/mol. The van der Waals surface area contributed by atoms with Gasteiger partial charge in [-0.3, -0.25) is 14.6 Å². The molecule has 1 atom stereocenters. The maximum Gasteiger partial charge on any atom is 0.317 e. The third kappa shape index (κ3) is 5.69. The molecule has 7 heteroatoms. The third-order valence-corrected chi connectivity index (χ3v) is 5.17. The lowest BCUT2D eigenvalue weighted by atomic mass is 9.96. The largest absolute Gasteiger partial charge is 0.480 e. The lowest BCUT2D eigenvalue weighted by Crippen LogP contribution is -2.49. The molecule has 0 aromatic heterocycles. The molecule has 0 amide bonds. The minimum atomic E-state index is -0.756. The molecule has 0 aliphatic carbocycles. The van der Waals surface area contributed by atoms with E-state index in [9.17, 15) is 4.79 Å². The number of carboxylic acids is 1. The smallest absolute Gasteiger partial charge is 0.317 e. The Balaban J connectivity index is 0.00000169. The van der Waals surface area contributed by atoms with Gasteiger partial charge in [0.05, 0.1) is 12.6 Å². The summed E-state index contributed by atoms with van der Waals surface area (Å²) >= 11 is 3.69. The van der Waals surface area contributed by atoms with Gasteiger partial charge >= 0.3 is 5.97 Å². The highest BCUT2D eigenvalue weighted by Crippen LogP contribution is 2.33. The van der Waals surface area contributed by atoms with E-state index in [0.29, 0.717) is 0 Å². The summed E-state index contributed by atoms with van der Waals surface area (Å²) in [7, 11) is 0. The maximum atomic E-state index is 10.9. The zero-order valence-corrected chi connectivity index (χ0v) is 17.5. The molecule has 1 heterocycles. The van der Waals surface area contributed by atoms with Gasteiger partial charge in [0.25, 0.3) is 0 Å². The number of carboxylic acid groups (broad SMARTS) is 1. The van der Waals surface area contributed by atoms with Crippen LogP contribution in [-0.2, 0) is 4.79 Å². The van der Waals surface area contributed by atoms with E-state index < -0.39 is 5.97 Å². The average Bonchev–Trinajstić information content (AvgIpc) is 2.59. The second-order valence-corrected chi connectivity index (χ2v) is 6.89. The highest BCUT2D eigenvalue weighted by molar-refractivity contribution is 9.10. The molecule has 1 aliphatic heterocycles. The zero-order chi connectivity index (χ0) is 16.9. The molecule has 1 unspecified atom stereocenters. The minimum absolute atomic E-state index is 0. The zero-order valence-electron chi connectivity index (χ0n) is 14.3. The lowest BCUT2D eigenvalue weighted by molar-refractivity contribution is -0.138. The Hall–Kier alpha value is -1.11. The Morgan fingerprint density at radius 1 is 0.962 bits per heavy atom. The summed E-state index contributed by atoms with van der Waals surface area (Å²) in [4.78, 5) is 15.3. The first kappa shape index (κ1) is 22.9. The maximum absolute atomic E-state index is 10.9. The van der Waals surface area contributed by atoms with Gasteiger partial charge in [0.2, 0.25) is 0 Å². The number of hydrogen-bond acceptors (Lipinski definition) is 3. The quantitative estimate of drug-likeness (QED) is 0.728. The predicted molar refractivity (Wildman–Crippen MR) is 113 cm³/mol. The summed E-state index contributed by atoms with van der Waals surface area (Å²) in [5, 5.41) is 8.97. The molecular formula is C19H23BrCl2N2O2. The summed E-state index contributed by atoms with van der Waals surface area (Å²) in [5.74, 6) is -0.756. The predicted octanol–water partition coefficient (Wildman–Crippen LogP) is 4.08. The van der Waals surface area contributed by atoms with Gasteiger partial charge in [0.15, 0.2) is 0 Å².